The lowest BCUT2D eigenvalue weighted by Crippen LogP contribution is -2.29. The zero-order valence-corrected chi connectivity index (χ0v) is 20.0. The van der Waals surface area contributed by atoms with Crippen LogP contribution in [0.15, 0.2) is 30.3 Å². The number of carbonyl (C=O) groups is 1. The molecule has 0 N–H and O–H groups in total. The third kappa shape index (κ3) is 4.51. The fourth-order valence-electron chi connectivity index (χ4n) is 3.90. The van der Waals surface area contributed by atoms with Crippen LogP contribution in [0.3, 0.4) is 0 Å². The second-order valence-corrected chi connectivity index (χ2v) is 9.68. The first kappa shape index (κ1) is 23.4. The Morgan fingerprint density at radius 1 is 1.21 bits per heavy atom. The van der Waals surface area contributed by atoms with Gasteiger partial charge in [0.25, 0.3) is 5.69 Å². The molecule has 1 aromatic heterocycles. The highest BCUT2D eigenvalue weighted by molar-refractivity contribution is 6.37. The van der Waals surface area contributed by atoms with Crippen LogP contribution in [0.2, 0.25) is 10.0 Å². The first-order chi connectivity index (χ1) is 15.5. The number of aromatic nitrogens is 1. The summed E-state index contributed by atoms with van der Waals surface area (Å²) >= 11 is 12.4. The van der Waals surface area contributed by atoms with E-state index in [9.17, 15) is 14.9 Å². The molecule has 4 rings (SSSR count). The predicted molar refractivity (Wildman–Crippen MR) is 125 cm³/mol. The van der Waals surface area contributed by atoms with E-state index >= 15 is 0 Å². The van der Waals surface area contributed by atoms with Crippen molar-refractivity contribution in [1.29, 1.82) is 0 Å². The Labute approximate surface area is 200 Å². The largest absolute Gasteiger partial charge is 0.454 e. The van der Waals surface area contributed by atoms with E-state index in [1.54, 1.807) is 22.8 Å². The summed E-state index contributed by atoms with van der Waals surface area (Å²) in [7, 11) is 0. The lowest BCUT2D eigenvalue weighted by atomic mass is 9.96. The predicted octanol–water partition coefficient (Wildman–Crippen LogP) is 7.07. The van der Waals surface area contributed by atoms with Gasteiger partial charge in [-0.15, -0.1) is 0 Å². The van der Waals surface area contributed by atoms with Crippen LogP contribution >= 0.6 is 23.2 Å². The number of benzene rings is 2. The summed E-state index contributed by atoms with van der Waals surface area (Å²) in [5.74, 6) is 0.574. The molecular formula is C23H22Cl2N2O6. The average Bonchev–Trinajstić information content (AvgIpc) is 3.04. The number of halogens is 2. The number of nitro benzene ring substituents is 1. The third-order valence-electron chi connectivity index (χ3n) is 5.17. The Morgan fingerprint density at radius 3 is 2.48 bits per heavy atom. The molecule has 0 spiro atoms. The molecule has 174 valence electrons. The maximum Gasteiger partial charge on any atom is 0.419 e. The Morgan fingerprint density at radius 2 is 1.88 bits per heavy atom. The van der Waals surface area contributed by atoms with Gasteiger partial charge in [-0.2, -0.15) is 0 Å². The molecule has 10 heteroatoms. The quantitative estimate of drug-likeness (QED) is 0.286. The minimum absolute atomic E-state index is 0.0180. The summed E-state index contributed by atoms with van der Waals surface area (Å²) in [6.07, 6.45) is -0.485. The summed E-state index contributed by atoms with van der Waals surface area (Å²) < 4.78 is 18.8. The van der Waals surface area contributed by atoms with Crippen LogP contribution in [0.5, 0.6) is 11.5 Å². The van der Waals surface area contributed by atoms with E-state index in [0.29, 0.717) is 17.9 Å². The SMILES string of the molecule is CC1COCc2c1c1cc(Oc3c(Cl)cc([N+](=O)[O-])cc3Cl)ccc1n2C(=O)OC(C)(C)C. The van der Waals surface area contributed by atoms with E-state index in [1.165, 1.54) is 12.1 Å². The summed E-state index contributed by atoms with van der Waals surface area (Å²) in [5.41, 5.74) is 1.49. The zero-order chi connectivity index (χ0) is 24.1. The number of carbonyl (C=O) groups excluding carboxylic acids is 1. The number of nitro groups is 1. The van der Waals surface area contributed by atoms with Crippen LogP contribution in [-0.4, -0.2) is 27.8 Å². The van der Waals surface area contributed by atoms with Crippen molar-refractivity contribution >= 4 is 45.9 Å². The van der Waals surface area contributed by atoms with Crippen LogP contribution in [0, 0.1) is 10.1 Å². The smallest absolute Gasteiger partial charge is 0.419 e. The lowest BCUT2D eigenvalue weighted by Gasteiger charge is -2.23. The molecule has 0 amide bonds. The molecule has 1 unspecified atom stereocenters. The maximum absolute atomic E-state index is 13.0. The fraction of sp³-hybridized carbons (Fsp3) is 0.348. The number of hydrogen-bond donors (Lipinski definition) is 0. The van der Waals surface area contributed by atoms with Crippen molar-refractivity contribution in [1.82, 2.24) is 4.57 Å². The molecule has 8 nitrogen and oxygen atoms in total. The van der Waals surface area contributed by atoms with E-state index in [1.807, 2.05) is 27.7 Å². The molecule has 3 aromatic rings. The van der Waals surface area contributed by atoms with Crippen LogP contribution < -0.4 is 4.74 Å². The van der Waals surface area contributed by atoms with E-state index in [4.69, 9.17) is 37.4 Å². The van der Waals surface area contributed by atoms with Crippen molar-refractivity contribution in [3.8, 4) is 11.5 Å². The standard InChI is InChI=1S/C23H22Cl2N2O6/c1-12-10-31-11-19-20(12)15-9-14(5-6-18(15)26(19)22(28)33-23(2,3)4)32-21-16(24)7-13(27(29)30)8-17(21)25/h5-9,12H,10-11H2,1-4H3. The minimum Gasteiger partial charge on any atom is -0.454 e. The Kier molecular flexibility index (Phi) is 6.03. The van der Waals surface area contributed by atoms with Gasteiger partial charge in [-0.1, -0.05) is 30.1 Å². The molecule has 0 fully saturated rings. The van der Waals surface area contributed by atoms with E-state index < -0.39 is 16.6 Å². The fourth-order valence-corrected chi connectivity index (χ4v) is 4.45. The first-order valence-electron chi connectivity index (χ1n) is 10.3. The number of hydrogen-bond acceptors (Lipinski definition) is 6. The maximum atomic E-state index is 13.0. The average molecular weight is 493 g/mol. The Balaban J connectivity index is 1.81. The summed E-state index contributed by atoms with van der Waals surface area (Å²) in [5, 5.41) is 11.9. The highest BCUT2D eigenvalue weighted by Gasteiger charge is 2.30. The topological polar surface area (TPSA) is 92.8 Å². The summed E-state index contributed by atoms with van der Waals surface area (Å²) in [6, 6.07) is 7.59. The number of rotatable bonds is 3. The molecule has 0 radical (unpaired) electrons. The zero-order valence-electron chi connectivity index (χ0n) is 18.5. The number of nitrogens with zero attached hydrogens (tertiary/aromatic N) is 2. The highest BCUT2D eigenvalue weighted by atomic mass is 35.5. The molecule has 0 bridgehead atoms. The van der Waals surface area contributed by atoms with Crippen molar-refractivity contribution in [2.24, 2.45) is 0 Å². The molecule has 1 aliphatic rings. The molecule has 0 saturated carbocycles. The van der Waals surface area contributed by atoms with Crippen molar-refractivity contribution in [2.45, 2.75) is 45.8 Å². The highest BCUT2D eigenvalue weighted by Crippen LogP contribution is 2.42. The Bertz CT molecular complexity index is 1260. The molecule has 1 atom stereocenters. The van der Waals surface area contributed by atoms with Gasteiger partial charge in [0.2, 0.25) is 0 Å². The van der Waals surface area contributed by atoms with E-state index in [-0.39, 0.29) is 34.0 Å². The second kappa shape index (κ2) is 8.52. The molecule has 2 aromatic carbocycles. The van der Waals surface area contributed by atoms with Crippen molar-refractivity contribution in [3.63, 3.8) is 0 Å². The van der Waals surface area contributed by atoms with Gasteiger partial charge in [0.15, 0.2) is 5.75 Å². The molecule has 1 aliphatic heterocycles. The van der Waals surface area contributed by atoms with Gasteiger partial charge in [0, 0.05) is 23.4 Å². The normalized spacial score (nSPS) is 15.9. The third-order valence-corrected chi connectivity index (χ3v) is 5.73. The van der Waals surface area contributed by atoms with Gasteiger partial charge in [0.1, 0.15) is 11.4 Å². The van der Waals surface area contributed by atoms with Crippen LogP contribution in [-0.2, 0) is 16.1 Å². The van der Waals surface area contributed by atoms with E-state index in [0.717, 1.165) is 16.6 Å². The first-order valence-corrected chi connectivity index (χ1v) is 11.0. The monoisotopic (exact) mass is 492 g/mol. The molecule has 0 saturated heterocycles. The summed E-state index contributed by atoms with van der Waals surface area (Å²) in [6.45, 7) is 8.26. The van der Waals surface area contributed by atoms with Gasteiger partial charge in [-0.05, 0) is 44.5 Å². The van der Waals surface area contributed by atoms with Crippen molar-refractivity contribution in [2.75, 3.05) is 6.61 Å². The molecule has 2 heterocycles. The van der Waals surface area contributed by atoms with Gasteiger partial charge in [-0.25, -0.2) is 9.36 Å². The van der Waals surface area contributed by atoms with Gasteiger partial charge in [-0.3, -0.25) is 10.1 Å². The lowest BCUT2D eigenvalue weighted by molar-refractivity contribution is -0.384. The van der Waals surface area contributed by atoms with Crippen LogP contribution in [0.1, 0.15) is 44.9 Å². The number of ether oxygens (including phenoxy) is 3. The van der Waals surface area contributed by atoms with Crippen molar-refractivity contribution in [3.05, 3.63) is 61.7 Å². The molecule has 0 aliphatic carbocycles. The van der Waals surface area contributed by atoms with Crippen LogP contribution in [0.25, 0.3) is 10.9 Å². The van der Waals surface area contributed by atoms with Gasteiger partial charge < -0.3 is 14.2 Å². The Hall–Kier alpha value is -2.81. The van der Waals surface area contributed by atoms with Gasteiger partial charge >= 0.3 is 6.09 Å². The number of fused-ring (bicyclic) bond motifs is 3. The molecular weight excluding hydrogens is 471 g/mol. The molecule has 33 heavy (non-hydrogen) atoms. The van der Waals surface area contributed by atoms with Crippen LogP contribution in [0.4, 0.5) is 10.5 Å². The van der Waals surface area contributed by atoms with Gasteiger partial charge in [0.05, 0.1) is 39.4 Å². The van der Waals surface area contributed by atoms with Crippen molar-refractivity contribution < 1.29 is 23.9 Å². The second-order valence-electron chi connectivity index (χ2n) is 8.87. The van der Waals surface area contributed by atoms with E-state index in [2.05, 4.69) is 0 Å². The number of non-ortho nitro benzene ring substituents is 1. The minimum atomic E-state index is -0.659. The summed E-state index contributed by atoms with van der Waals surface area (Å²) in [4.78, 5) is 23.5.